The van der Waals surface area contributed by atoms with Crippen molar-refractivity contribution in [3.63, 3.8) is 0 Å². The molecule has 3 nitrogen and oxygen atoms in total. The molecule has 1 amide bonds. The third-order valence-corrected chi connectivity index (χ3v) is 6.08. The molecule has 1 aromatic carbocycles. The smallest absolute Gasteiger partial charge is 0.255 e. The number of benzene rings is 1. The lowest BCUT2D eigenvalue weighted by Crippen LogP contribution is -2.44. The van der Waals surface area contributed by atoms with E-state index in [0.29, 0.717) is 18.7 Å². The van der Waals surface area contributed by atoms with Gasteiger partial charge in [0.15, 0.2) is 0 Å². The number of nitrogens with zero attached hydrogens (tertiary/aromatic N) is 2. The van der Waals surface area contributed by atoms with Crippen molar-refractivity contribution in [3.05, 3.63) is 32.7 Å². The molecule has 20 heavy (non-hydrogen) atoms. The van der Waals surface area contributed by atoms with Gasteiger partial charge in [0.1, 0.15) is 4.75 Å². The summed E-state index contributed by atoms with van der Waals surface area (Å²) in [6, 6.07) is 7.98. The molecule has 0 unspecified atom stereocenters. The van der Waals surface area contributed by atoms with Gasteiger partial charge in [0.05, 0.1) is 11.6 Å². The van der Waals surface area contributed by atoms with Crippen molar-refractivity contribution >= 4 is 49.5 Å². The molecule has 2 rings (SSSR count). The summed E-state index contributed by atoms with van der Waals surface area (Å²) in [7, 11) is 0. The van der Waals surface area contributed by atoms with Gasteiger partial charge in [-0.1, -0.05) is 15.9 Å². The molecule has 0 aromatic heterocycles. The van der Waals surface area contributed by atoms with Gasteiger partial charge in [-0.05, 0) is 53.2 Å². The number of thioether (sulfide) groups is 1. The van der Waals surface area contributed by atoms with Crippen LogP contribution >= 0.6 is 43.6 Å². The first-order valence-electron chi connectivity index (χ1n) is 6.22. The molecule has 0 N–H and O–H groups in total. The highest BCUT2D eigenvalue weighted by atomic mass is 79.9. The van der Waals surface area contributed by atoms with Crippen LogP contribution in [0, 0.1) is 11.3 Å². The zero-order valence-corrected chi connectivity index (χ0v) is 15.0. The molecule has 6 heteroatoms. The third kappa shape index (κ3) is 3.21. The minimum atomic E-state index is -0.328. The first-order valence-corrected chi connectivity index (χ1v) is 9.03. The van der Waals surface area contributed by atoms with E-state index in [1.165, 1.54) is 0 Å². The van der Waals surface area contributed by atoms with Gasteiger partial charge in [-0.15, -0.1) is 11.8 Å². The van der Waals surface area contributed by atoms with Gasteiger partial charge in [-0.2, -0.15) is 5.26 Å². The van der Waals surface area contributed by atoms with E-state index in [1.807, 2.05) is 29.4 Å². The summed E-state index contributed by atoms with van der Waals surface area (Å²) >= 11 is 8.41. The fourth-order valence-electron chi connectivity index (χ4n) is 2.26. The SMILES string of the molecule is CSC1(C#N)CCN(C(=O)c2cc(Br)ccc2Br)CC1. The maximum absolute atomic E-state index is 12.5. The van der Waals surface area contributed by atoms with Crippen molar-refractivity contribution in [2.45, 2.75) is 17.6 Å². The van der Waals surface area contributed by atoms with E-state index in [2.05, 4.69) is 37.9 Å². The van der Waals surface area contributed by atoms with E-state index in [9.17, 15) is 10.1 Å². The summed E-state index contributed by atoms with van der Waals surface area (Å²) in [6.07, 6.45) is 3.41. The largest absolute Gasteiger partial charge is 0.338 e. The molecule has 1 aliphatic heterocycles. The number of nitriles is 1. The van der Waals surface area contributed by atoms with Gasteiger partial charge < -0.3 is 4.90 Å². The zero-order valence-electron chi connectivity index (χ0n) is 11.0. The summed E-state index contributed by atoms with van der Waals surface area (Å²) in [5.74, 6) is 0.0193. The van der Waals surface area contributed by atoms with Crippen LogP contribution in [-0.4, -0.2) is 34.9 Å². The Morgan fingerprint density at radius 3 is 2.60 bits per heavy atom. The minimum absolute atomic E-state index is 0.0193. The number of piperidine rings is 1. The predicted octanol–water partition coefficient (Wildman–Crippen LogP) is 4.07. The number of rotatable bonds is 2. The standard InChI is InChI=1S/C14H14Br2N2OS/c1-20-14(9-17)4-6-18(7-5-14)13(19)11-8-10(15)2-3-12(11)16/h2-3,8H,4-7H2,1H3. The lowest BCUT2D eigenvalue weighted by atomic mass is 9.96. The number of hydrogen-bond donors (Lipinski definition) is 0. The van der Waals surface area contributed by atoms with Gasteiger partial charge >= 0.3 is 0 Å². The zero-order chi connectivity index (χ0) is 14.8. The third-order valence-electron chi connectivity index (χ3n) is 3.61. The average Bonchev–Trinajstić information content (AvgIpc) is 2.49. The van der Waals surface area contributed by atoms with Crippen LogP contribution in [0.4, 0.5) is 0 Å². The average molecular weight is 418 g/mol. The van der Waals surface area contributed by atoms with Crippen molar-refractivity contribution in [2.24, 2.45) is 0 Å². The summed E-state index contributed by atoms with van der Waals surface area (Å²) < 4.78 is 1.36. The van der Waals surface area contributed by atoms with Crippen LogP contribution in [0.15, 0.2) is 27.1 Å². The van der Waals surface area contributed by atoms with E-state index in [-0.39, 0.29) is 10.7 Å². The molecule has 0 bridgehead atoms. The second-order valence-corrected chi connectivity index (χ2v) is 7.69. The van der Waals surface area contributed by atoms with Crippen LogP contribution in [0.25, 0.3) is 0 Å². The fraction of sp³-hybridized carbons (Fsp3) is 0.429. The van der Waals surface area contributed by atoms with Gasteiger partial charge in [0.25, 0.3) is 5.91 Å². The number of hydrogen-bond acceptors (Lipinski definition) is 3. The molecular formula is C14H14Br2N2OS. The highest BCUT2D eigenvalue weighted by Gasteiger charge is 2.35. The molecule has 1 heterocycles. The van der Waals surface area contributed by atoms with Crippen LogP contribution in [0.1, 0.15) is 23.2 Å². The molecule has 106 valence electrons. The molecule has 1 aliphatic rings. The second-order valence-electron chi connectivity index (χ2n) is 4.73. The monoisotopic (exact) mass is 416 g/mol. The van der Waals surface area contributed by atoms with E-state index >= 15 is 0 Å². The maximum Gasteiger partial charge on any atom is 0.255 e. The Bertz CT molecular complexity index is 563. The van der Waals surface area contributed by atoms with Crippen LogP contribution in [0.2, 0.25) is 0 Å². The predicted molar refractivity (Wildman–Crippen MR) is 88.8 cm³/mol. The lowest BCUT2D eigenvalue weighted by Gasteiger charge is -2.36. The van der Waals surface area contributed by atoms with E-state index in [4.69, 9.17) is 0 Å². The Hall–Kier alpha value is -0.510. The van der Waals surface area contributed by atoms with Crippen molar-refractivity contribution in [1.82, 2.24) is 4.90 Å². The van der Waals surface area contributed by atoms with Gasteiger partial charge in [-0.3, -0.25) is 4.79 Å². The minimum Gasteiger partial charge on any atom is -0.338 e. The van der Waals surface area contributed by atoms with Crippen molar-refractivity contribution in [2.75, 3.05) is 19.3 Å². The van der Waals surface area contributed by atoms with Crippen LogP contribution in [0.5, 0.6) is 0 Å². The molecule has 0 saturated carbocycles. The highest BCUT2D eigenvalue weighted by Crippen LogP contribution is 2.34. The molecule has 1 aromatic rings. The number of likely N-dealkylation sites (tertiary alicyclic amines) is 1. The first kappa shape index (κ1) is 15.9. The topological polar surface area (TPSA) is 44.1 Å². The summed E-state index contributed by atoms with van der Waals surface area (Å²) in [6.45, 7) is 1.26. The Kier molecular flexibility index (Phi) is 5.16. The van der Waals surface area contributed by atoms with Crippen molar-refractivity contribution in [3.8, 4) is 6.07 Å². The Morgan fingerprint density at radius 1 is 1.40 bits per heavy atom. The Balaban J connectivity index is 2.13. The molecule has 0 radical (unpaired) electrons. The summed E-state index contributed by atoms with van der Waals surface area (Å²) in [5.41, 5.74) is 0.660. The number of carbonyl (C=O) groups excluding carboxylic acids is 1. The van der Waals surface area contributed by atoms with Crippen LogP contribution in [-0.2, 0) is 0 Å². The van der Waals surface area contributed by atoms with E-state index in [1.54, 1.807) is 11.8 Å². The second kappa shape index (κ2) is 6.50. The number of amides is 1. The molecule has 1 fully saturated rings. The van der Waals surface area contributed by atoms with Crippen molar-refractivity contribution in [1.29, 1.82) is 5.26 Å². The molecule has 0 atom stereocenters. The van der Waals surface area contributed by atoms with Gasteiger partial charge in [-0.25, -0.2) is 0 Å². The summed E-state index contributed by atoms with van der Waals surface area (Å²) in [5, 5.41) is 9.28. The molecular weight excluding hydrogens is 404 g/mol. The molecule has 0 aliphatic carbocycles. The van der Waals surface area contributed by atoms with E-state index in [0.717, 1.165) is 21.8 Å². The normalized spacial score (nSPS) is 17.6. The Morgan fingerprint density at radius 2 is 2.05 bits per heavy atom. The molecule has 0 spiro atoms. The van der Waals surface area contributed by atoms with Gasteiger partial charge in [0.2, 0.25) is 0 Å². The van der Waals surface area contributed by atoms with Crippen LogP contribution < -0.4 is 0 Å². The maximum atomic E-state index is 12.5. The fourth-order valence-corrected chi connectivity index (χ4v) is 3.72. The molecule has 1 saturated heterocycles. The number of halogens is 2. The Labute approximate surface area is 140 Å². The first-order chi connectivity index (χ1) is 9.51. The van der Waals surface area contributed by atoms with E-state index < -0.39 is 0 Å². The summed E-state index contributed by atoms with van der Waals surface area (Å²) in [4.78, 5) is 14.4. The number of carbonyl (C=O) groups is 1. The quantitative estimate of drug-likeness (QED) is 0.728. The highest BCUT2D eigenvalue weighted by molar-refractivity contribution is 9.11. The van der Waals surface area contributed by atoms with Crippen molar-refractivity contribution < 1.29 is 4.79 Å². The van der Waals surface area contributed by atoms with Gasteiger partial charge in [0, 0.05) is 22.0 Å². The lowest BCUT2D eigenvalue weighted by molar-refractivity contribution is 0.0715. The van der Waals surface area contributed by atoms with Crippen LogP contribution in [0.3, 0.4) is 0 Å².